The van der Waals surface area contributed by atoms with E-state index in [1.165, 1.54) is 12.8 Å². The summed E-state index contributed by atoms with van der Waals surface area (Å²) in [6.45, 7) is 1.59. The van der Waals surface area contributed by atoms with Crippen LogP contribution in [-0.2, 0) is 4.79 Å². The van der Waals surface area contributed by atoms with E-state index < -0.39 is 5.92 Å². The van der Waals surface area contributed by atoms with Gasteiger partial charge < -0.3 is 14.5 Å². The molecule has 2 amide bonds. The maximum Gasteiger partial charge on any atom is 0.254 e. The number of hydrogen-bond donors (Lipinski definition) is 0. The Morgan fingerprint density at radius 2 is 1.62 bits per heavy atom. The molecule has 2 atom stereocenters. The summed E-state index contributed by atoms with van der Waals surface area (Å²) in [5, 5.41) is 0. The van der Waals surface area contributed by atoms with Gasteiger partial charge in [0.05, 0.1) is 19.1 Å². The van der Waals surface area contributed by atoms with E-state index in [-0.39, 0.29) is 17.9 Å². The summed E-state index contributed by atoms with van der Waals surface area (Å²) in [6, 6.07) is 14.9. The van der Waals surface area contributed by atoms with Crippen molar-refractivity contribution < 1.29 is 14.3 Å². The Morgan fingerprint density at radius 1 is 0.966 bits per heavy atom. The van der Waals surface area contributed by atoms with Gasteiger partial charge >= 0.3 is 0 Å². The average Bonchev–Trinajstić information content (AvgIpc) is 3.05. The van der Waals surface area contributed by atoms with Crippen LogP contribution >= 0.6 is 0 Å². The summed E-state index contributed by atoms with van der Waals surface area (Å²) >= 11 is 0. The number of rotatable bonds is 3. The van der Waals surface area contributed by atoms with Gasteiger partial charge in [-0.05, 0) is 42.2 Å². The topological polar surface area (TPSA) is 49.9 Å². The Hall–Kier alpha value is -2.82. The predicted octanol–water partition coefficient (Wildman–Crippen LogP) is 4.01. The molecule has 152 valence electrons. The normalized spacial score (nSPS) is 22.1. The molecule has 4 rings (SSSR count). The summed E-state index contributed by atoms with van der Waals surface area (Å²) in [5.74, 6) is 0.440. The fourth-order valence-corrected chi connectivity index (χ4v) is 4.65. The van der Waals surface area contributed by atoms with Crippen molar-refractivity contribution in [2.24, 2.45) is 0 Å². The van der Waals surface area contributed by atoms with Gasteiger partial charge in [-0.15, -0.1) is 0 Å². The summed E-state index contributed by atoms with van der Waals surface area (Å²) in [7, 11) is 3.43. The number of benzene rings is 2. The van der Waals surface area contributed by atoms with E-state index in [4.69, 9.17) is 4.74 Å². The van der Waals surface area contributed by atoms with Crippen LogP contribution in [0.1, 0.15) is 59.1 Å². The van der Waals surface area contributed by atoms with Gasteiger partial charge in [0.1, 0.15) is 5.75 Å². The summed E-state index contributed by atoms with van der Waals surface area (Å²) < 4.78 is 5.29. The predicted molar refractivity (Wildman–Crippen MR) is 112 cm³/mol. The van der Waals surface area contributed by atoms with Gasteiger partial charge in [0.15, 0.2) is 0 Å². The van der Waals surface area contributed by atoms with Crippen LogP contribution in [0.5, 0.6) is 5.75 Å². The van der Waals surface area contributed by atoms with E-state index >= 15 is 0 Å². The Labute approximate surface area is 172 Å². The molecular weight excluding hydrogens is 364 g/mol. The van der Waals surface area contributed by atoms with Gasteiger partial charge in [0, 0.05) is 25.7 Å². The lowest BCUT2D eigenvalue weighted by Gasteiger charge is -2.41. The summed E-state index contributed by atoms with van der Waals surface area (Å²) in [6.07, 6.45) is 4.43. The number of methoxy groups -OCH3 is 1. The number of amides is 2. The van der Waals surface area contributed by atoms with Crippen LogP contribution in [-0.4, -0.2) is 48.9 Å². The highest BCUT2D eigenvalue weighted by Gasteiger charge is 2.43. The molecule has 0 saturated carbocycles. The first kappa shape index (κ1) is 19.5. The maximum atomic E-state index is 13.8. The molecule has 0 N–H and O–H groups in total. The number of fused-ring (bicyclic) bond motifs is 1. The highest BCUT2D eigenvalue weighted by atomic mass is 16.5. The Morgan fingerprint density at radius 3 is 2.28 bits per heavy atom. The molecule has 2 heterocycles. The number of ether oxygens (including phenoxy) is 1. The van der Waals surface area contributed by atoms with Gasteiger partial charge in [-0.2, -0.15) is 0 Å². The molecule has 0 aliphatic carbocycles. The molecule has 2 aromatic rings. The second kappa shape index (κ2) is 8.27. The van der Waals surface area contributed by atoms with Crippen LogP contribution in [0.15, 0.2) is 48.5 Å². The second-order valence-corrected chi connectivity index (χ2v) is 7.94. The molecule has 0 bridgehead atoms. The molecule has 2 aliphatic rings. The van der Waals surface area contributed by atoms with Crippen molar-refractivity contribution in [3.05, 3.63) is 65.2 Å². The lowest BCUT2D eigenvalue weighted by atomic mass is 9.79. The Kier molecular flexibility index (Phi) is 5.56. The standard InChI is InChI=1S/C24H28N2O3/c1-25-22(17-11-13-18(29-2)14-12-17)21(19-9-5-6-10-20(19)23(25)27)24(28)26-15-7-3-4-8-16-26/h5-6,9-14,21-22H,3-4,7-8,15-16H2,1-2H3/t21-,22+/m1/s1. The third kappa shape index (κ3) is 3.61. The van der Waals surface area contributed by atoms with Crippen molar-refractivity contribution in [2.75, 3.05) is 27.2 Å². The van der Waals surface area contributed by atoms with Crippen LogP contribution in [0, 0.1) is 0 Å². The minimum atomic E-state index is -0.402. The van der Waals surface area contributed by atoms with Crippen molar-refractivity contribution in [3.63, 3.8) is 0 Å². The molecular formula is C24H28N2O3. The number of hydrogen-bond acceptors (Lipinski definition) is 3. The number of likely N-dealkylation sites (N-methyl/N-ethyl adjacent to an activating group) is 1. The number of carbonyl (C=O) groups excluding carboxylic acids is 2. The van der Waals surface area contributed by atoms with E-state index in [2.05, 4.69) is 0 Å². The first-order valence-corrected chi connectivity index (χ1v) is 10.4. The Bertz CT molecular complexity index is 885. The van der Waals surface area contributed by atoms with Crippen LogP contribution in [0.2, 0.25) is 0 Å². The van der Waals surface area contributed by atoms with Crippen molar-refractivity contribution >= 4 is 11.8 Å². The molecule has 1 fully saturated rings. The van der Waals surface area contributed by atoms with Gasteiger partial charge in [-0.25, -0.2) is 0 Å². The van der Waals surface area contributed by atoms with Crippen molar-refractivity contribution in [1.29, 1.82) is 0 Å². The monoisotopic (exact) mass is 392 g/mol. The number of likely N-dealkylation sites (tertiary alicyclic amines) is 1. The SMILES string of the molecule is COc1ccc([C@H]2[C@H](C(=O)N3CCCCCC3)c3ccccc3C(=O)N2C)cc1. The minimum absolute atomic E-state index is 0.0404. The third-order valence-corrected chi connectivity index (χ3v) is 6.22. The zero-order valence-corrected chi connectivity index (χ0v) is 17.1. The fourth-order valence-electron chi connectivity index (χ4n) is 4.65. The van der Waals surface area contributed by atoms with E-state index in [9.17, 15) is 9.59 Å². The molecule has 0 spiro atoms. The second-order valence-electron chi connectivity index (χ2n) is 7.94. The zero-order chi connectivity index (χ0) is 20.4. The molecule has 2 aromatic carbocycles. The first-order chi connectivity index (χ1) is 14.1. The molecule has 29 heavy (non-hydrogen) atoms. The van der Waals surface area contributed by atoms with E-state index in [1.807, 2.05) is 53.4 Å². The maximum absolute atomic E-state index is 13.8. The van der Waals surface area contributed by atoms with Gasteiger partial charge in [0.25, 0.3) is 5.91 Å². The highest BCUT2D eigenvalue weighted by molar-refractivity contribution is 6.01. The summed E-state index contributed by atoms with van der Waals surface area (Å²) in [5.41, 5.74) is 2.42. The van der Waals surface area contributed by atoms with Crippen molar-refractivity contribution in [2.45, 2.75) is 37.6 Å². The molecule has 5 nitrogen and oxygen atoms in total. The van der Waals surface area contributed by atoms with Crippen molar-refractivity contribution in [3.8, 4) is 5.75 Å². The zero-order valence-electron chi connectivity index (χ0n) is 17.1. The van der Waals surface area contributed by atoms with E-state index in [0.717, 1.165) is 42.8 Å². The van der Waals surface area contributed by atoms with Gasteiger partial charge in [-0.1, -0.05) is 43.2 Å². The smallest absolute Gasteiger partial charge is 0.254 e. The molecule has 2 aliphatic heterocycles. The largest absolute Gasteiger partial charge is 0.497 e. The van der Waals surface area contributed by atoms with E-state index in [1.54, 1.807) is 19.1 Å². The Balaban J connectivity index is 1.79. The van der Waals surface area contributed by atoms with Crippen molar-refractivity contribution in [1.82, 2.24) is 9.80 Å². The van der Waals surface area contributed by atoms with Gasteiger partial charge in [-0.3, -0.25) is 9.59 Å². The lowest BCUT2D eigenvalue weighted by Crippen LogP contribution is -2.47. The highest BCUT2D eigenvalue weighted by Crippen LogP contribution is 2.43. The molecule has 0 aromatic heterocycles. The molecule has 0 radical (unpaired) electrons. The fraction of sp³-hybridized carbons (Fsp3) is 0.417. The molecule has 0 unspecified atom stereocenters. The number of nitrogens with zero attached hydrogens (tertiary/aromatic N) is 2. The lowest BCUT2D eigenvalue weighted by molar-refractivity contribution is -0.134. The summed E-state index contributed by atoms with van der Waals surface area (Å²) in [4.78, 5) is 30.6. The van der Waals surface area contributed by atoms with Crippen LogP contribution in [0.25, 0.3) is 0 Å². The molecule has 5 heteroatoms. The van der Waals surface area contributed by atoms with Gasteiger partial charge in [0.2, 0.25) is 5.91 Å². The third-order valence-electron chi connectivity index (χ3n) is 6.22. The van der Waals surface area contributed by atoms with Crippen LogP contribution in [0.4, 0.5) is 0 Å². The minimum Gasteiger partial charge on any atom is -0.497 e. The molecule has 1 saturated heterocycles. The van der Waals surface area contributed by atoms with E-state index in [0.29, 0.717) is 5.56 Å². The average molecular weight is 392 g/mol. The van der Waals surface area contributed by atoms with Crippen LogP contribution < -0.4 is 4.74 Å². The van der Waals surface area contributed by atoms with Crippen LogP contribution in [0.3, 0.4) is 0 Å². The quantitative estimate of drug-likeness (QED) is 0.793. The first-order valence-electron chi connectivity index (χ1n) is 10.4. The number of carbonyl (C=O) groups is 2.